The summed E-state index contributed by atoms with van der Waals surface area (Å²) in [6.07, 6.45) is 23.4. The minimum atomic E-state index is 0.554. The van der Waals surface area contributed by atoms with Gasteiger partial charge in [0.25, 0.3) is 0 Å². The van der Waals surface area contributed by atoms with Crippen LogP contribution in [0.5, 0.6) is 0 Å². The van der Waals surface area contributed by atoms with Gasteiger partial charge in [0, 0.05) is 33.8 Å². The Balaban J connectivity index is 1.63. The Morgan fingerprint density at radius 2 is 1.79 bits per heavy atom. The van der Waals surface area contributed by atoms with E-state index < -0.39 is 0 Å². The van der Waals surface area contributed by atoms with Crippen molar-refractivity contribution in [1.29, 1.82) is 0 Å². The first-order valence-electron chi connectivity index (χ1n) is 11.8. The van der Waals surface area contributed by atoms with Gasteiger partial charge < -0.3 is 8.98 Å². The summed E-state index contributed by atoms with van der Waals surface area (Å²) in [5.41, 5.74) is 7.06. The van der Waals surface area contributed by atoms with Crippen LogP contribution < -0.4 is 0 Å². The predicted molar refractivity (Wildman–Crippen MR) is 147 cm³/mol. The number of rotatable bonds is 6. The molecular weight excluding hydrogens is 414 g/mol. The fraction of sp³-hybridized carbons (Fsp3) is 0.125. The van der Waals surface area contributed by atoms with Gasteiger partial charge in [-0.3, -0.25) is 0 Å². The monoisotopic (exact) mass is 443 g/mol. The summed E-state index contributed by atoms with van der Waals surface area (Å²) in [6, 6.07) is 15.3. The first-order valence-corrected chi connectivity index (χ1v) is 11.8. The number of allylic oxidation sites excluding steroid dienone is 8. The summed E-state index contributed by atoms with van der Waals surface area (Å²) < 4.78 is 8.72. The molecule has 1 unspecified atom stereocenters. The molecule has 1 aliphatic rings. The molecule has 0 spiro atoms. The molecule has 2 nitrogen and oxygen atoms in total. The number of fused-ring (bicyclic) bond motifs is 4. The lowest BCUT2D eigenvalue weighted by molar-refractivity contribution is 0.603. The Morgan fingerprint density at radius 1 is 0.971 bits per heavy atom. The van der Waals surface area contributed by atoms with Crippen molar-refractivity contribution in [2.75, 3.05) is 0 Å². The van der Waals surface area contributed by atoms with Crippen LogP contribution in [-0.4, -0.2) is 4.57 Å². The third kappa shape index (κ3) is 3.92. The molecule has 2 aromatic carbocycles. The topological polar surface area (TPSA) is 18.1 Å². The van der Waals surface area contributed by atoms with E-state index in [1.54, 1.807) is 6.08 Å². The van der Waals surface area contributed by atoms with Crippen molar-refractivity contribution in [3.05, 3.63) is 120 Å². The van der Waals surface area contributed by atoms with Crippen molar-refractivity contribution in [2.45, 2.75) is 20.3 Å². The van der Waals surface area contributed by atoms with Crippen LogP contribution in [0.15, 0.2) is 102 Å². The summed E-state index contributed by atoms with van der Waals surface area (Å²) in [5.74, 6) is 1.41. The standard InChI is InChI=1S/C32H29NO/c1-4-6-7-8-9-10-16-31-26(13-5-2)27-19-18-24(22-32(27)34-31)33-29-15-12-11-14-25(29)28-21-23(3)17-20-30(28)33/h4-20,22-23H,1,21H2,2-3H3/b7-6+,9-8+,13-5+,16-10-. The van der Waals surface area contributed by atoms with Crippen LogP contribution in [0.3, 0.4) is 0 Å². The van der Waals surface area contributed by atoms with Gasteiger partial charge in [0.2, 0.25) is 0 Å². The first-order chi connectivity index (χ1) is 16.7. The van der Waals surface area contributed by atoms with Crippen LogP contribution in [0.4, 0.5) is 0 Å². The summed E-state index contributed by atoms with van der Waals surface area (Å²) >= 11 is 0. The number of benzene rings is 2. The van der Waals surface area contributed by atoms with Gasteiger partial charge in [-0.2, -0.15) is 0 Å². The molecule has 0 amide bonds. The van der Waals surface area contributed by atoms with Gasteiger partial charge in [-0.1, -0.05) is 86.4 Å². The SMILES string of the molecule is C=C/C=C/C=C/C=C\c1oc2cc(-n3c4c(c5ccccc53)CC(C)C=C4)ccc2c1/C=C/C. The molecule has 5 rings (SSSR count). The van der Waals surface area contributed by atoms with Crippen molar-refractivity contribution in [3.8, 4) is 5.69 Å². The number of hydrogen-bond donors (Lipinski definition) is 0. The second-order valence-electron chi connectivity index (χ2n) is 8.68. The van der Waals surface area contributed by atoms with Crippen molar-refractivity contribution in [1.82, 2.24) is 4.57 Å². The summed E-state index contributed by atoms with van der Waals surface area (Å²) in [5, 5.41) is 2.45. The second kappa shape index (κ2) is 9.44. The second-order valence-corrected chi connectivity index (χ2v) is 8.68. The highest BCUT2D eigenvalue weighted by atomic mass is 16.3. The van der Waals surface area contributed by atoms with Gasteiger partial charge >= 0.3 is 0 Å². The number of aromatic nitrogens is 1. The number of hydrogen-bond acceptors (Lipinski definition) is 1. The average molecular weight is 444 g/mol. The predicted octanol–water partition coefficient (Wildman–Crippen LogP) is 8.93. The van der Waals surface area contributed by atoms with Crippen LogP contribution in [0.25, 0.3) is 45.8 Å². The fourth-order valence-corrected chi connectivity index (χ4v) is 4.78. The Bertz CT molecular complexity index is 1510. The lowest BCUT2D eigenvalue weighted by Gasteiger charge is -2.15. The molecule has 1 atom stereocenters. The molecule has 168 valence electrons. The minimum Gasteiger partial charge on any atom is -0.456 e. The molecule has 34 heavy (non-hydrogen) atoms. The first kappa shape index (κ1) is 21.8. The largest absolute Gasteiger partial charge is 0.456 e. The molecule has 0 fully saturated rings. The number of nitrogens with zero attached hydrogens (tertiary/aromatic N) is 1. The van der Waals surface area contributed by atoms with Gasteiger partial charge in [-0.05, 0) is 55.2 Å². The lowest BCUT2D eigenvalue weighted by atomic mass is 9.93. The van der Waals surface area contributed by atoms with Gasteiger partial charge in [0.1, 0.15) is 11.3 Å². The van der Waals surface area contributed by atoms with Gasteiger partial charge in [-0.25, -0.2) is 0 Å². The lowest BCUT2D eigenvalue weighted by Crippen LogP contribution is -2.05. The van der Waals surface area contributed by atoms with E-state index in [1.807, 2.05) is 43.4 Å². The molecule has 0 saturated heterocycles. The van der Waals surface area contributed by atoms with E-state index in [9.17, 15) is 0 Å². The molecule has 0 N–H and O–H groups in total. The smallest absolute Gasteiger partial charge is 0.137 e. The quantitative estimate of drug-likeness (QED) is 0.272. The molecule has 2 heteroatoms. The van der Waals surface area contributed by atoms with Crippen molar-refractivity contribution in [3.63, 3.8) is 0 Å². The molecule has 0 aliphatic heterocycles. The van der Waals surface area contributed by atoms with Crippen LogP contribution in [-0.2, 0) is 6.42 Å². The normalized spacial score (nSPS) is 16.2. The van der Waals surface area contributed by atoms with E-state index in [0.29, 0.717) is 5.92 Å². The molecule has 4 aromatic rings. The van der Waals surface area contributed by atoms with Crippen molar-refractivity contribution < 1.29 is 4.42 Å². The number of furan rings is 1. The van der Waals surface area contributed by atoms with Crippen molar-refractivity contribution in [2.24, 2.45) is 5.92 Å². The average Bonchev–Trinajstić information content (AvgIpc) is 3.36. The Kier molecular flexibility index (Phi) is 6.05. The van der Waals surface area contributed by atoms with Crippen LogP contribution >= 0.6 is 0 Å². The maximum Gasteiger partial charge on any atom is 0.137 e. The van der Waals surface area contributed by atoms with E-state index in [4.69, 9.17) is 4.42 Å². The van der Waals surface area contributed by atoms with E-state index in [2.05, 4.69) is 84.8 Å². The summed E-state index contributed by atoms with van der Waals surface area (Å²) in [4.78, 5) is 0. The zero-order chi connectivity index (χ0) is 23.5. The molecule has 2 aromatic heterocycles. The Hall–Kier alpha value is -4.04. The number of para-hydroxylation sites is 1. The maximum atomic E-state index is 6.35. The summed E-state index contributed by atoms with van der Waals surface area (Å²) in [6.45, 7) is 8.00. The highest BCUT2D eigenvalue weighted by Gasteiger charge is 2.21. The molecule has 2 heterocycles. The Labute approximate surface area is 201 Å². The highest BCUT2D eigenvalue weighted by molar-refractivity contribution is 5.94. The van der Waals surface area contributed by atoms with Crippen LogP contribution in [0, 0.1) is 5.92 Å². The highest BCUT2D eigenvalue weighted by Crippen LogP contribution is 2.37. The van der Waals surface area contributed by atoms with E-state index in [1.165, 1.54) is 22.2 Å². The van der Waals surface area contributed by atoms with Crippen LogP contribution in [0.2, 0.25) is 0 Å². The Morgan fingerprint density at radius 3 is 2.65 bits per heavy atom. The minimum absolute atomic E-state index is 0.554. The zero-order valence-corrected chi connectivity index (χ0v) is 19.7. The van der Waals surface area contributed by atoms with E-state index in [-0.39, 0.29) is 0 Å². The van der Waals surface area contributed by atoms with Gasteiger partial charge in [0.15, 0.2) is 0 Å². The third-order valence-corrected chi connectivity index (χ3v) is 6.29. The maximum absolute atomic E-state index is 6.35. The molecule has 0 radical (unpaired) electrons. The molecular formula is C32H29NO. The molecule has 0 saturated carbocycles. The molecule has 0 bridgehead atoms. The van der Waals surface area contributed by atoms with Crippen molar-refractivity contribution >= 4 is 40.1 Å². The van der Waals surface area contributed by atoms with E-state index >= 15 is 0 Å². The summed E-state index contributed by atoms with van der Waals surface area (Å²) in [7, 11) is 0. The zero-order valence-electron chi connectivity index (χ0n) is 19.7. The fourth-order valence-electron chi connectivity index (χ4n) is 4.78. The van der Waals surface area contributed by atoms with Gasteiger partial charge in [-0.15, -0.1) is 0 Å². The van der Waals surface area contributed by atoms with E-state index in [0.717, 1.165) is 34.4 Å². The van der Waals surface area contributed by atoms with Crippen LogP contribution in [0.1, 0.15) is 36.4 Å². The third-order valence-electron chi connectivity index (χ3n) is 6.29. The van der Waals surface area contributed by atoms with Gasteiger partial charge in [0.05, 0.1) is 5.52 Å². The molecule has 1 aliphatic carbocycles.